The molecule has 1 N–H and O–H groups in total. The van der Waals surface area contributed by atoms with Crippen molar-refractivity contribution in [2.45, 2.75) is 12.3 Å². The minimum Gasteiger partial charge on any atom is -0.496 e. The van der Waals surface area contributed by atoms with Crippen LogP contribution in [-0.2, 0) is 4.79 Å². The molecule has 1 aliphatic rings. The monoisotopic (exact) mass is 387 g/mol. The molecule has 0 spiro atoms. The standard InChI is InChI=1S/C18H17N3O5S/c1-24-11-8-13(26-3)12(25-2)6-9(11)10-7-14(22)19-16-15(10)17(23)20-18-21(16)4-5-27-18/h4-6,8,10H,7H2,1-3H3,(H,19,22). The molecule has 8 nitrogen and oxygen atoms in total. The van der Waals surface area contributed by atoms with Crippen LogP contribution in [0.5, 0.6) is 17.2 Å². The minimum absolute atomic E-state index is 0.103. The molecule has 1 aliphatic heterocycles. The Hall–Kier alpha value is -3.07. The highest BCUT2D eigenvalue weighted by Crippen LogP contribution is 2.43. The molecule has 1 atom stereocenters. The number of methoxy groups -OCH3 is 3. The first kappa shape index (κ1) is 17.3. The molecule has 0 saturated carbocycles. The first-order chi connectivity index (χ1) is 13.1. The fourth-order valence-electron chi connectivity index (χ4n) is 3.40. The molecule has 140 valence electrons. The van der Waals surface area contributed by atoms with Crippen LogP contribution in [0.1, 0.15) is 23.5 Å². The van der Waals surface area contributed by atoms with Gasteiger partial charge in [-0.05, 0) is 6.07 Å². The van der Waals surface area contributed by atoms with Crippen LogP contribution in [0.15, 0.2) is 28.5 Å². The number of hydrogen-bond donors (Lipinski definition) is 1. The van der Waals surface area contributed by atoms with Gasteiger partial charge in [-0.1, -0.05) is 0 Å². The van der Waals surface area contributed by atoms with Gasteiger partial charge < -0.3 is 19.5 Å². The summed E-state index contributed by atoms with van der Waals surface area (Å²) in [7, 11) is 4.59. The number of carbonyl (C=O) groups is 1. The summed E-state index contributed by atoms with van der Waals surface area (Å²) in [5.74, 6) is 1.25. The third kappa shape index (κ3) is 2.71. The summed E-state index contributed by atoms with van der Waals surface area (Å²) >= 11 is 1.33. The fourth-order valence-corrected chi connectivity index (χ4v) is 4.11. The van der Waals surface area contributed by atoms with Crippen molar-refractivity contribution in [2.24, 2.45) is 0 Å². The van der Waals surface area contributed by atoms with Gasteiger partial charge in [0.2, 0.25) is 5.91 Å². The van der Waals surface area contributed by atoms with Gasteiger partial charge in [0.05, 0.1) is 26.9 Å². The van der Waals surface area contributed by atoms with Crippen LogP contribution in [0.4, 0.5) is 5.82 Å². The summed E-state index contributed by atoms with van der Waals surface area (Å²) in [4.78, 5) is 29.9. The summed E-state index contributed by atoms with van der Waals surface area (Å²) in [5, 5.41) is 4.63. The van der Waals surface area contributed by atoms with Crippen LogP contribution in [0.3, 0.4) is 0 Å². The first-order valence-electron chi connectivity index (χ1n) is 8.17. The van der Waals surface area contributed by atoms with E-state index < -0.39 is 5.92 Å². The van der Waals surface area contributed by atoms with Gasteiger partial charge in [-0.2, -0.15) is 4.98 Å². The zero-order chi connectivity index (χ0) is 19.1. The average Bonchev–Trinajstić information content (AvgIpc) is 3.14. The largest absolute Gasteiger partial charge is 0.496 e. The van der Waals surface area contributed by atoms with Crippen molar-refractivity contribution < 1.29 is 19.0 Å². The smallest absolute Gasteiger partial charge is 0.279 e. The van der Waals surface area contributed by atoms with Crippen molar-refractivity contribution in [3.8, 4) is 17.2 Å². The lowest BCUT2D eigenvalue weighted by atomic mass is 9.86. The Morgan fingerprint density at radius 2 is 1.81 bits per heavy atom. The molecule has 1 amide bonds. The Kier molecular flexibility index (Phi) is 4.23. The number of benzene rings is 1. The maximum absolute atomic E-state index is 12.8. The van der Waals surface area contributed by atoms with Crippen LogP contribution < -0.4 is 25.1 Å². The molecule has 3 aromatic rings. The van der Waals surface area contributed by atoms with E-state index in [0.717, 1.165) is 0 Å². The van der Waals surface area contributed by atoms with Crippen LogP contribution in [0.2, 0.25) is 0 Å². The number of nitrogens with one attached hydrogen (secondary N) is 1. The summed E-state index contributed by atoms with van der Waals surface area (Å²) in [6, 6.07) is 3.43. The maximum atomic E-state index is 12.8. The number of fused-ring (bicyclic) bond motifs is 3. The van der Waals surface area contributed by atoms with E-state index in [1.54, 1.807) is 22.7 Å². The second-order valence-corrected chi connectivity index (χ2v) is 6.86. The van der Waals surface area contributed by atoms with Crippen molar-refractivity contribution in [1.82, 2.24) is 9.38 Å². The van der Waals surface area contributed by atoms with Crippen molar-refractivity contribution in [1.29, 1.82) is 0 Å². The molecule has 0 fully saturated rings. The third-order valence-electron chi connectivity index (χ3n) is 4.62. The number of ether oxygens (including phenoxy) is 3. The SMILES string of the molecule is COc1cc(OC)c(C2CC(=O)Nc3c2c(=O)nc2sccn32)cc1OC. The lowest BCUT2D eigenvalue weighted by Crippen LogP contribution is -2.32. The normalized spacial score (nSPS) is 16.0. The van der Waals surface area contributed by atoms with Crippen molar-refractivity contribution in [2.75, 3.05) is 26.6 Å². The molecule has 3 heterocycles. The molecule has 27 heavy (non-hydrogen) atoms. The summed E-state index contributed by atoms with van der Waals surface area (Å²) in [6.45, 7) is 0. The van der Waals surface area contributed by atoms with Crippen LogP contribution in [0, 0.1) is 0 Å². The van der Waals surface area contributed by atoms with Gasteiger partial charge in [-0.25, -0.2) is 0 Å². The van der Waals surface area contributed by atoms with Gasteiger partial charge in [-0.3, -0.25) is 14.0 Å². The number of carbonyl (C=O) groups excluding carboxylic acids is 1. The highest BCUT2D eigenvalue weighted by atomic mass is 32.1. The highest BCUT2D eigenvalue weighted by Gasteiger charge is 2.34. The predicted molar refractivity (Wildman–Crippen MR) is 101 cm³/mol. The first-order valence-corrected chi connectivity index (χ1v) is 9.04. The van der Waals surface area contributed by atoms with Crippen LogP contribution in [-0.4, -0.2) is 36.6 Å². The number of rotatable bonds is 4. The quantitative estimate of drug-likeness (QED) is 0.738. The number of hydrogen-bond acceptors (Lipinski definition) is 7. The minimum atomic E-state index is -0.514. The molecule has 0 saturated heterocycles. The van der Waals surface area contributed by atoms with Gasteiger partial charge in [0.15, 0.2) is 16.5 Å². The highest BCUT2D eigenvalue weighted by molar-refractivity contribution is 7.15. The lowest BCUT2D eigenvalue weighted by molar-refractivity contribution is -0.116. The van der Waals surface area contributed by atoms with E-state index in [1.807, 2.05) is 5.38 Å². The van der Waals surface area contributed by atoms with Gasteiger partial charge >= 0.3 is 0 Å². The molecule has 0 bridgehead atoms. The van der Waals surface area contributed by atoms with E-state index >= 15 is 0 Å². The Morgan fingerprint density at radius 3 is 2.52 bits per heavy atom. The molecular weight excluding hydrogens is 370 g/mol. The van der Waals surface area contributed by atoms with Gasteiger partial charge in [0, 0.05) is 35.5 Å². The molecule has 1 unspecified atom stereocenters. The summed E-state index contributed by atoms with van der Waals surface area (Å²) < 4.78 is 17.9. The second-order valence-electron chi connectivity index (χ2n) is 5.99. The van der Waals surface area contributed by atoms with Crippen LogP contribution in [0.25, 0.3) is 4.96 Å². The maximum Gasteiger partial charge on any atom is 0.279 e. The molecular formula is C18H17N3O5S. The zero-order valence-corrected chi connectivity index (χ0v) is 15.8. The van der Waals surface area contributed by atoms with E-state index in [9.17, 15) is 9.59 Å². The average molecular weight is 387 g/mol. The molecule has 1 aromatic carbocycles. The third-order valence-corrected chi connectivity index (χ3v) is 5.38. The van der Waals surface area contributed by atoms with Crippen molar-refractivity contribution in [3.63, 3.8) is 0 Å². The van der Waals surface area contributed by atoms with E-state index in [-0.39, 0.29) is 17.9 Å². The molecule has 0 radical (unpaired) electrons. The zero-order valence-electron chi connectivity index (χ0n) is 14.9. The van der Waals surface area contributed by atoms with Crippen molar-refractivity contribution in [3.05, 3.63) is 45.2 Å². The Morgan fingerprint density at radius 1 is 1.11 bits per heavy atom. The van der Waals surface area contributed by atoms with E-state index in [4.69, 9.17) is 14.2 Å². The number of amides is 1. The van der Waals surface area contributed by atoms with Crippen molar-refractivity contribution >= 4 is 28.0 Å². The topological polar surface area (TPSA) is 91.2 Å². The number of aromatic nitrogens is 2. The number of nitrogens with zero attached hydrogens (tertiary/aromatic N) is 2. The van der Waals surface area contributed by atoms with E-state index in [0.29, 0.717) is 39.2 Å². The summed E-state index contributed by atoms with van der Waals surface area (Å²) in [6.07, 6.45) is 1.88. The molecule has 2 aromatic heterocycles. The Bertz CT molecular complexity index is 1100. The number of thiazole rings is 1. The van der Waals surface area contributed by atoms with Crippen LogP contribution >= 0.6 is 11.3 Å². The molecule has 4 rings (SSSR count). The van der Waals surface area contributed by atoms with Gasteiger partial charge in [0.25, 0.3) is 5.56 Å². The van der Waals surface area contributed by atoms with Gasteiger partial charge in [0.1, 0.15) is 11.6 Å². The fraction of sp³-hybridized carbons (Fsp3) is 0.278. The second kappa shape index (κ2) is 6.58. The Labute approximate surface area is 158 Å². The van der Waals surface area contributed by atoms with E-state index in [1.165, 1.54) is 32.7 Å². The number of anilines is 1. The molecule has 0 aliphatic carbocycles. The lowest BCUT2D eigenvalue weighted by Gasteiger charge is -2.27. The van der Waals surface area contributed by atoms with E-state index in [2.05, 4.69) is 10.3 Å². The predicted octanol–water partition coefficient (Wildman–Crippen LogP) is 2.26. The summed E-state index contributed by atoms with van der Waals surface area (Å²) in [5.41, 5.74) is 0.727. The van der Waals surface area contributed by atoms with Gasteiger partial charge in [-0.15, -0.1) is 11.3 Å². The molecule has 9 heteroatoms. The Balaban J connectivity index is 1.99.